The van der Waals surface area contributed by atoms with E-state index in [0.717, 1.165) is 36.3 Å². The van der Waals surface area contributed by atoms with Crippen molar-refractivity contribution in [3.8, 4) is 0 Å². The first-order valence-electron chi connectivity index (χ1n) is 10.9. The Labute approximate surface area is 199 Å². The van der Waals surface area contributed by atoms with Crippen LogP contribution in [-0.2, 0) is 20.9 Å². The van der Waals surface area contributed by atoms with Gasteiger partial charge in [-0.2, -0.15) is 0 Å². The summed E-state index contributed by atoms with van der Waals surface area (Å²) in [4.78, 5) is 1.74. The molecule has 184 valence electrons. The van der Waals surface area contributed by atoms with Crippen LogP contribution in [0.1, 0.15) is 45.1 Å². The first-order valence-corrected chi connectivity index (χ1v) is 15.2. The van der Waals surface area contributed by atoms with Crippen LogP contribution in [0.5, 0.6) is 0 Å². The standard InChI is InChI=1S/C21H32F3IN3O3S/c1-15(2)32(29,30)27-17-5-3-16(4-6-17)25-14-26-18-7-8-19(21(22,23)24)20(13-18)28-9-11-31-12-10-28/h7-8,13,15-17,26-27H,3-6,9-12,14H2,1-2H3/q-1. The molecule has 0 amide bonds. The third-order valence-corrected chi connectivity index (χ3v) is 11.0. The number of anilines is 2. The SMILES string of the molecule is CC(C)S(=O)(=O)NC1CCC([I-]CNc2ccc(C(F)(F)F)c(N3CCOCC3)c2)CC1. The van der Waals surface area contributed by atoms with E-state index in [1.54, 1.807) is 24.8 Å². The number of nitrogens with zero attached hydrogens (tertiary/aromatic N) is 1. The predicted octanol–water partition coefficient (Wildman–Crippen LogP) is 0.639. The van der Waals surface area contributed by atoms with Gasteiger partial charge in [-0.1, -0.05) is 0 Å². The molecule has 0 bridgehead atoms. The van der Waals surface area contributed by atoms with Crippen LogP contribution < -0.4 is 36.1 Å². The van der Waals surface area contributed by atoms with Crippen LogP contribution in [0, 0.1) is 0 Å². The summed E-state index contributed by atoms with van der Waals surface area (Å²) in [6.45, 7) is 5.10. The van der Waals surface area contributed by atoms with Crippen molar-refractivity contribution >= 4 is 21.4 Å². The fraction of sp³-hybridized carbons (Fsp3) is 0.714. The topological polar surface area (TPSA) is 70.7 Å². The third kappa shape index (κ3) is 7.10. The molecule has 11 heteroatoms. The molecule has 0 aromatic heterocycles. The van der Waals surface area contributed by atoms with Crippen molar-refractivity contribution in [2.45, 2.75) is 60.9 Å². The van der Waals surface area contributed by atoms with E-state index in [2.05, 4.69) is 10.0 Å². The number of morpholine rings is 1. The number of sulfonamides is 1. The van der Waals surface area contributed by atoms with Gasteiger partial charge in [-0.05, 0) is 0 Å². The van der Waals surface area contributed by atoms with Crippen LogP contribution in [0.25, 0.3) is 0 Å². The van der Waals surface area contributed by atoms with Crippen LogP contribution in [0.4, 0.5) is 24.5 Å². The Kier molecular flexibility index (Phi) is 8.95. The zero-order valence-corrected chi connectivity index (χ0v) is 21.4. The Morgan fingerprint density at radius 2 is 1.81 bits per heavy atom. The third-order valence-electron chi connectivity index (χ3n) is 5.83. The zero-order valence-electron chi connectivity index (χ0n) is 18.4. The molecule has 1 aliphatic heterocycles. The maximum absolute atomic E-state index is 13.5. The maximum atomic E-state index is 13.5. The molecule has 0 atom stereocenters. The summed E-state index contributed by atoms with van der Waals surface area (Å²) in [5, 5.41) is 2.90. The van der Waals surface area contributed by atoms with Crippen LogP contribution in [0.3, 0.4) is 0 Å². The van der Waals surface area contributed by atoms with Crippen molar-refractivity contribution in [3.63, 3.8) is 0 Å². The molecule has 1 aromatic rings. The van der Waals surface area contributed by atoms with Gasteiger partial charge < -0.3 is 0 Å². The number of benzene rings is 1. The normalized spacial score (nSPS) is 23.0. The van der Waals surface area contributed by atoms with Crippen molar-refractivity contribution in [2.24, 2.45) is 0 Å². The van der Waals surface area contributed by atoms with Gasteiger partial charge in [-0.15, -0.1) is 0 Å². The average molecular weight is 590 g/mol. The predicted molar refractivity (Wildman–Crippen MR) is 116 cm³/mol. The van der Waals surface area contributed by atoms with E-state index in [1.165, 1.54) is 6.07 Å². The number of halogens is 4. The molecule has 0 spiro atoms. The summed E-state index contributed by atoms with van der Waals surface area (Å²) < 4.78 is 74.0. The summed E-state index contributed by atoms with van der Waals surface area (Å²) in [5.41, 5.74) is 0.307. The molecule has 1 aliphatic carbocycles. The van der Waals surface area contributed by atoms with Gasteiger partial charge in [0.25, 0.3) is 0 Å². The molecule has 2 fully saturated rings. The summed E-state index contributed by atoms with van der Waals surface area (Å²) >= 11 is -0.189. The molecule has 6 nitrogen and oxygen atoms in total. The molecule has 1 saturated carbocycles. The molecular formula is C21H32F3IN3O3S-. The van der Waals surface area contributed by atoms with E-state index < -0.39 is 27.0 Å². The number of hydrogen-bond donors (Lipinski definition) is 2. The molecule has 2 aliphatic rings. The molecule has 3 rings (SSSR count). The molecule has 0 unspecified atom stereocenters. The Morgan fingerprint density at radius 1 is 1.16 bits per heavy atom. The summed E-state index contributed by atoms with van der Waals surface area (Å²) in [7, 11) is -3.24. The second-order valence-electron chi connectivity index (χ2n) is 8.45. The second-order valence-corrected chi connectivity index (χ2v) is 14.1. The minimum atomic E-state index is -4.39. The van der Waals surface area contributed by atoms with E-state index in [9.17, 15) is 21.6 Å². The van der Waals surface area contributed by atoms with Crippen LogP contribution >= 0.6 is 0 Å². The van der Waals surface area contributed by atoms with E-state index in [1.807, 2.05) is 0 Å². The molecule has 32 heavy (non-hydrogen) atoms. The van der Waals surface area contributed by atoms with Gasteiger partial charge in [0.15, 0.2) is 0 Å². The monoisotopic (exact) mass is 590 g/mol. The number of rotatable bonds is 8. The Hall–Kier alpha value is -0.790. The van der Waals surface area contributed by atoms with Crippen molar-refractivity contribution in [2.75, 3.05) is 41.1 Å². The number of hydrogen-bond acceptors (Lipinski definition) is 5. The van der Waals surface area contributed by atoms with Gasteiger partial charge in [0.2, 0.25) is 0 Å². The quantitative estimate of drug-likeness (QED) is 0.265. The van der Waals surface area contributed by atoms with E-state index in [-0.39, 0.29) is 32.9 Å². The van der Waals surface area contributed by atoms with E-state index in [0.29, 0.717) is 35.9 Å². The summed E-state index contributed by atoms with van der Waals surface area (Å²) in [6, 6.07) is 4.29. The van der Waals surface area contributed by atoms with Gasteiger partial charge in [-0.25, -0.2) is 0 Å². The summed E-state index contributed by atoms with van der Waals surface area (Å²) in [6.07, 6.45) is -0.719. The van der Waals surface area contributed by atoms with Crippen LogP contribution in [-0.4, -0.2) is 54.5 Å². The van der Waals surface area contributed by atoms with Gasteiger partial charge in [0, 0.05) is 0 Å². The fourth-order valence-corrected chi connectivity index (χ4v) is 7.72. The Morgan fingerprint density at radius 3 is 2.41 bits per heavy atom. The molecule has 2 N–H and O–H groups in total. The van der Waals surface area contributed by atoms with Crippen molar-refractivity contribution < 1.29 is 47.5 Å². The van der Waals surface area contributed by atoms with Gasteiger partial charge in [0.05, 0.1) is 0 Å². The zero-order chi connectivity index (χ0) is 23.4. The summed E-state index contributed by atoms with van der Waals surface area (Å²) in [5.74, 6) is 0. The van der Waals surface area contributed by atoms with Crippen LogP contribution in [0.2, 0.25) is 0 Å². The Bertz CT molecular complexity index is 854. The minimum absolute atomic E-state index is 0.0154. The molecule has 1 aromatic carbocycles. The first-order chi connectivity index (χ1) is 15.1. The number of nitrogens with one attached hydrogen (secondary N) is 2. The van der Waals surface area contributed by atoms with Crippen LogP contribution in [0.15, 0.2) is 18.2 Å². The average Bonchev–Trinajstić information content (AvgIpc) is 2.74. The number of alkyl halides is 5. The van der Waals surface area contributed by atoms with Crippen molar-refractivity contribution in [1.82, 2.24) is 4.72 Å². The Balaban J connectivity index is 1.52. The van der Waals surface area contributed by atoms with E-state index in [4.69, 9.17) is 4.74 Å². The fourth-order valence-electron chi connectivity index (χ4n) is 3.87. The number of ether oxygens (including phenoxy) is 1. The van der Waals surface area contributed by atoms with E-state index >= 15 is 0 Å². The molecule has 0 radical (unpaired) electrons. The van der Waals surface area contributed by atoms with Crippen molar-refractivity contribution in [3.05, 3.63) is 23.8 Å². The van der Waals surface area contributed by atoms with Crippen molar-refractivity contribution in [1.29, 1.82) is 0 Å². The van der Waals surface area contributed by atoms with Gasteiger partial charge in [0.1, 0.15) is 0 Å². The molecule has 1 heterocycles. The first kappa shape index (κ1) is 25.8. The van der Waals surface area contributed by atoms with Gasteiger partial charge in [-0.3, -0.25) is 0 Å². The van der Waals surface area contributed by atoms with Gasteiger partial charge >= 0.3 is 199 Å². The molecule has 1 saturated heterocycles. The second kappa shape index (κ2) is 11.1. The molecular weight excluding hydrogens is 558 g/mol.